The minimum atomic E-state index is 0.734. The number of hydrogen-bond acceptors (Lipinski definition) is 2. The SMILES string of the molecule is CC1=CC=C(c2ccccc2C/C=C/NC2CC2)NC1. The van der Waals surface area contributed by atoms with Crippen LogP contribution in [0.4, 0.5) is 0 Å². The first-order valence-corrected chi connectivity index (χ1v) is 7.43. The third kappa shape index (κ3) is 3.32. The maximum Gasteiger partial charge on any atom is 0.0419 e. The fourth-order valence-electron chi connectivity index (χ4n) is 2.36. The lowest BCUT2D eigenvalue weighted by Gasteiger charge is -2.17. The molecule has 0 bridgehead atoms. The standard InChI is InChI=1S/C18H22N2/c1-14-8-11-18(20-13-14)17-7-3-2-5-15(17)6-4-12-19-16-9-10-16/h2-5,7-8,11-12,16,19-20H,6,9-10,13H2,1H3/b12-4+. The van der Waals surface area contributed by atoms with Gasteiger partial charge in [-0.2, -0.15) is 0 Å². The van der Waals surface area contributed by atoms with E-state index in [1.165, 1.54) is 35.2 Å². The van der Waals surface area contributed by atoms with Gasteiger partial charge in [-0.3, -0.25) is 0 Å². The van der Waals surface area contributed by atoms with Crippen molar-refractivity contribution in [3.8, 4) is 0 Å². The minimum Gasteiger partial charge on any atom is -0.388 e. The summed E-state index contributed by atoms with van der Waals surface area (Å²) in [5.41, 5.74) is 5.29. The largest absolute Gasteiger partial charge is 0.388 e. The van der Waals surface area contributed by atoms with Crippen LogP contribution in [-0.4, -0.2) is 12.6 Å². The van der Waals surface area contributed by atoms with Crippen molar-refractivity contribution in [2.24, 2.45) is 0 Å². The van der Waals surface area contributed by atoms with E-state index >= 15 is 0 Å². The average Bonchev–Trinajstić information content (AvgIpc) is 3.29. The first-order valence-electron chi connectivity index (χ1n) is 7.43. The maximum atomic E-state index is 3.50. The van der Waals surface area contributed by atoms with Crippen molar-refractivity contribution in [2.75, 3.05) is 6.54 Å². The Morgan fingerprint density at radius 2 is 2.10 bits per heavy atom. The molecule has 2 N–H and O–H groups in total. The molecule has 3 rings (SSSR count). The molecule has 0 amide bonds. The Kier molecular flexibility index (Phi) is 3.91. The molecule has 1 heterocycles. The summed E-state index contributed by atoms with van der Waals surface area (Å²) in [6.07, 6.45) is 12.3. The summed E-state index contributed by atoms with van der Waals surface area (Å²) in [4.78, 5) is 0. The third-order valence-corrected chi connectivity index (χ3v) is 3.76. The molecule has 2 aliphatic rings. The van der Waals surface area contributed by atoms with Crippen LogP contribution in [0.5, 0.6) is 0 Å². The third-order valence-electron chi connectivity index (χ3n) is 3.76. The van der Waals surface area contributed by atoms with Gasteiger partial charge < -0.3 is 10.6 Å². The van der Waals surface area contributed by atoms with E-state index in [-0.39, 0.29) is 0 Å². The molecule has 0 unspecified atom stereocenters. The van der Waals surface area contributed by atoms with Crippen LogP contribution in [-0.2, 0) is 6.42 Å². The van der Waals surface area contributed by atoms with Gasteiger partial charge in [0.1, 0.15) is 0 Å². The van der Waals surface area contributed by atoms with E-state index in [1.807, 2.05) is 0 Å². The fraction of sp³-hybridized carbons (Fsp3) is 0.333. The highest BCUT2D eigenvalue weighted by molar-refractivity contribution is 5.69. The van der Waals surface area contributed by atoms with E-state index in [1.54, 1.807) is 0 Å². The lowest BCUT2D eigenvalue weighted by molar-refractivity contribution is 0.858. The van der Waals surface area contributed by atoms with Crippen LogP contribution < -0.4 is 10.6 Å². The van der Waals surface area contributed by atoms with Crippen molar-refractivity contribution < 1.29 is 0 Å². The molecule has 1 aliphatic carbocycles. The average molecular weight is 266 g/mol. The number of rotatable bonds is 5. The van der Waals surface area contributed by atoms with Crippen LogP contribution in [0.1, 0.15) is 30.9 Å². The van der Waals surface area contributed by atoms with Gasteiger partial charge in [0.15, 0.2) is 0 Å². The van der Waals surface area contributed by atoms with E-state index in [2.05, 4.69) is 66.3 Å². The van der Waals surface area contributed by atoms with Crippen molar-refractivity contribution in [3.63, 3.8) is 0 Å². The van der Waals surface area contributed by atoms with Crippen LogP contribution in [0.25, 0.3) is 5.70 Å². The van der Waals surface area contributed by atoms with Crippen molar-refractivity contribution in [2.45, 2.75) is 32.2 Å². The molecule has 1 saturated carbocycles. The van der Waals surface area contributed by atoms with Gasteiger partial charge in [0.25, 0.3) is 0 Å². The fourth-order valence-corrected chi connectivity index (χ4v) is 2.36. The molecule has 20 heavy (non-hydrogen) atoms. The van der Waals surface area contributed by atoms with Gasteiger partial charge in [0.2, 0.25) is 0 Å². The van der Waals surface area contributed by atoms with Crippen molar-refractivity contribution >= 4 is 5.70 Å². The van der Waals surface area contributed by atoms with Crippen molar-refractivity contribution in [1.82, 2.24) is 10.6 Å². The molecule has 0 spiro atoms. The molecule has 1 aromatic rings. The van der Waals surface area contributed by atoms with Gasteiger partial charge in [0.05, 0.1) is 0 Å². The number of benzene rings is 1. The Morgan fingerprint density at radius 3 is 2.85 bits per heavy atom. The van der Waals surface area contributed by atoms with Crippen LogP contribution in [0.3, 0.4) is 0 Å². The summed E-state index contributed by atoms with van der Waals surface area (Å²) in [5.74, 6) is 0. The van der Waals surface area contributed by atoms with Gasteiger partial charge >= 0.3 is 0 Å². The molecular formula is C18H22N2. The summed E-state index contributed by atoms with van der Waals surface area (Å²) < 4.78 is 0. The molecule has 0 aromatic heterocycles. The Labute approximate surface area is 121 Å². The number of allylic oxidation sites excluding steroid dienone is 3. The van der Waals surface area contributed by atoms with Crippen molar-refractivity contribution in [1.29, 1.82) is 0 Å². The van der Waals surface area contributed by atoms with Crippen molar-refractivity contribution in [3.05, 3.63) is 65.4 Å². The molecule has 1 aliphatic heterocycles. The molecule has 0 radical (unpaired) electrons. The van der Waals surface area contributed by atoms with Crippen LogP contribution in [0.15, 0.2) is 54.3 Å². The first-order chi connectivity index (χ1) is 9.83. The van der Waals surface area contributed by atoms with Crippen LogP contribution in [0.2, 0.25) is 0 Å². The highest BCUT2D eigenvalue weighted by Crippen LogP contribution is 2.21. The van der Waals surface area contributed by atoms with E-state index in [4.69, 9.17) is 0 Å². The van der Waals surface area contributed by atoms with E-state index in [0.29, 0.717) is 0 Å². The predicted molar refractivity (Wildman–Crippen MR) is 85.2 cm³/mol. The number of dihydropyridines is 1. The quantitative estimate of drug-likeness (QED) is 0.853. The van der Waals surface area contributed by atoms with Crippen LogP contribution >= 0.6 is 0 Å². The van der Waals surface area contributed by atoms with Gasteiger partial charge in [-0.15, -0.1) is 0 Å². The Bertz CT molecular complexity index is 563. The monoisotopic (exact) mass is 266 g/mol. The molecular weight excluding hydrogens is 244 g/mol. The molecule has 104 valence electrons. The van der Waals surface area contributed by atoms with E-state index < -0.39 is 0 Å². The zero-order chi connectivity index (χ0) is 13.8. The second kappa shape index (κ2) is 6.00. The Morgan fingerprint density at radius 1 is 1.25 bits per heavy atom. The summed E-state index contributed by atoms with van der Waals surface area (Å²) in [5, 5.41) is 6.91. The summed E-state index contributed by atoms with van der Waals surface area (Å²) in [6, 6.07) is 9.37. The molecule has 1 aromatic carbocycles. The highest BCUT2D eigenvalue weighted by Gasteiger charge is 2.18. The second-order valence-electron chi connectivity index (χ2n) is 5.65. The lowest BCUT2D eigenvalue weighted by atomic mass is 9.99. The second-order valence-corrected chi connectivity index (χ2v) is 5.65. The van der Waals surface area contributed by atoms with Gasteiger partial charge in [0, 0.05) is 23.8 Å². The summed E-state index contributed by atoms with van der Waals surface area (Å²) >= 11 is 0. The normalized spacial score (nSPS) is 18.4. The maximum absolute atomic E-state index is 3.50. The molecule has 0 atom stereocenters. The zero-order valence-corrected chi connectivity index (χ0v) is 12.0. The molecule has 1 fully saturated rings. The zero-order valence-electron chi connectivity index (χ0n) is 12.0. The number of hydrogen-bond donors (Lipinski definition) is 2. The topological polar surface area (TPSA) is 24.1 Å². The van der Waals surface area contributed by atoms with E-state index in [0.717, 1.165) is 19.0 Å². The summed E-state index contributed by atoms with van der Waals surface area (Å²) in [6.45, 7) is 3.09. The predicted octanol–water partition coefficient (Wildman–Crippen LogP) is 3.39. The Balaban J connectivity index is 1.72. The minimum absolute atomic E-state index is 0.734. The Hall–Kier alpha value is -1.96. The van der Waals surface area contributed by atoms with E-state index in [9.17, 15) is 0 Å². The number of nitrogens with one attached hydrogen (secondary N) is 2. The van der Waals surface area contributed by atoms with Crippen LogP contribution in [0, 0.1) is 0 Å². The summed E-state index contributed by atoms with van der Waals surface area (Å²) in [7, 11) is 0. The first kappa shape index (κ1) is 13.0. The lowest BCUT2D eigenvalue weighted by Crippen LogP contribution is -2.18. The van der Waals surface area contributed by atoms with Gasteiger partial charge in [-0.1, -0.05) is 42.0 Å². The van der Waals surface area contributed by atoms with Gasteiger partial charge in [-0.25, -0.2) is 0 Å². The molecule has 2 heteroatoms. The van der Waals surface area contributed by atoms with Gasteiger partial charge in [-0.05, 0) is 44.0 Å². The highest BCUT2D eigenvalue weighted by atomic mass is 14.9. The molecule has 0 saturated heterocycles. The molecule has 2 nitrogen and oxygen atoms in total. The smallest absolute Gasteiger partial charge is 0.0419 e.